The highest BCUT2D eigenvalue weighted by molar-refractivity contribution is 5.97. The van der Waals surface area contributed by atoms with E-state index in [0.29, 0.717) is 17.9 Å². The topological polar surface area (TPSA) is 47.6 Å². The van der Waals surface area contributed by atoms with Crippen molar-refractivity contribution in [1.29, 1.82) is 0 Å². The molecule has 0 aromatic heterocycles. The van der Waals surface area contributed by atoms with Crippen LogP contribution in [-0.2, 0) is 16.4 Å². The lowest BCUT2D eigenvalue weighted by Crippen LogP contribution is -2.22. The molecule has 1 amide bonds. The number of halogens is 3. The van der Waals surface area contributed by atoms with Gasteiger partial charge in [-0.2, -0.15) is 13.2 Å². The van der Waals surface area contributed by atoms with Crippen LogP contribution < -0.4 is 14.8 Å². The second-order valence-corrected chi connectivity index (χ2v) is 7.76. The van der Waals surface area contributed by atoms with Crippen molar-refractivity contribution in [2.45, 2.75) is 18.0 Å². The molecule has 3 aromatic rings. The molecule has 4 rings (SSSR count). The van der Waals surface area contributed by atoms with Gasteiger partial charge in [0.15, 0.2) is 0 Å². The summed E-state index contributed by atoms with van der Waals surface area (Å²) in [4.78, 5) is 13.2. The van der Waals surface area contributed by atoms with Crippen molar-refractivity contribution in [2.75, 3.05) is 19.5 Å². The molecule has 1 fully saturated rings. The minimum Gasteiger partial charge on any atom is -0.497 e. The molecule has 1 aliphatic rings. The Bertz CT molecular complexity index is 1100. The molecule has 3 aromatic carbocycles. The van der Waals surface area contributed by atoms with Gasteiger partial charge >= 0.3 is 6.18 Å². The fourth-order valence-corrected chi connectivity index (χ4v) is 4.19. The molecule has 0 unspecified atom stereocenters. The maximum absolute atomic E-state index is 13.2. The van der Waals surface area contributed by atoms with Crippen LogP contribution in [0, 0.1) is 5.92 Å². The number of methoxy groups -OCH3 is 2. The Morgan fingerprint density at radius 1 is 0.906 bits per heavy atom. The minimum atomic E-state index is -4.48. The summed E-state index contributed by atoms with van der Waals surface area (Å²) in [6.07, 6.45) is -3.97. The quantitative estimate of drug-likeness (QED) is 0.536. The van der Waals surface area contributed by atoms with Crippen LogP contribution in [0.2, 0.25) is 0 Å². The van der Waals surface area contributed by atoms with Crippen LogP contribution in [0.5, 0.6) is 11.5 Å². The monoisotopic (exact) mass is 441 g/mol. The maximum atomic E-state index is 13.2. The number of anilines is 1. The molecule has 0 radical (unpaired) electrons. The third-order valence-corrected chi connectivity index (χ3v) is 5.90. The Hall–Kier alpha value is -3.48. The van der Waals surface area contributed by atoms with Gasteiger partial charge in [0.25, 0.3) is 0 Å². The van der Waals surface area contributed by atoms with Crippen molar-refractivity contribution in [3.05, 3.63) is 89.5 Å². The normalized spacial score (nSPS) is 16.8. The lowest BCUT2D eigenvalue weighted by Gasteiger charge is -2.20. The van der Waals surface area contributed by atoms with Gasteiger partial charge in [0, 0.05) is 11.1 Å². The first-order valence-corrected chi connectivity index (χ1v) is 10.0. The molecule has 1 atom stereocenters. The smallest absolute Gasteiger partial charge is 0.416 e. The van der Waals surface area contributed by atoms with Gasteiger partial charge in [-0.25, -0.2) is 0 Å². The largest absolute Gasteiger partial charge is 0.497 e. The highest BCUT2D eigenvalue weighted by atomic mass is 19.4. The summed E-state index contributed by atoms with van der Waals surface area (Å²) >= 11 is 0. The van der Waals surface area contributed by atoms with E-state index < -0.39 is 23.1 Å². The Labute approximate surface area is 184 Å². The van der Waals surface area contributed by atoms with Crippen LogP contribution in [0.25, 0.3) is 0 Å². The van der Waals surface area contributed by atoms with Gasteiger partial charge in [0.2, 0.25) is 5.91 Å². The third-order valence-electron chi connectivity index (χ3n) is 5.90. The van der Waals surface area contributed by atoms with Gasteiger partial charge < -0.3 is 14.8 Å². The number of nitrogens with one attached hydrogen (secondary N) is 1. The molecule has 0 bridgehead atoms. The predicted octanol–water partition coefficient (Wildman–Crippen LogP) is 5.67. The number of amides is 1. The number of carbonyl (C=O) groups is 1. The lowest BCUT2D eigenvalue weighted by atomic mass is 9.85. The van der Waals surface area contributed by atoms with Crippen molar-refractivity contribution in [3.63, 3.8) is 0 Å². The molecule has 1 saturated carbocycles. The van der Waals surface area contributed by atoms with E-state index >= 15 is 0 Å². The highest BCUT2D eigenvalue weighted by Crippen LogP contribution is 2.60. The van der Waals surface area contributed by atoms with E-state index in [2.05, 4.69) is 5.32 Å². The number of benzene rings is 3. The second-order valence-electron chi connectivity index (χ2n) is 7.76. The zero-order chi connectivity index (χ0) is 22.9. The fraction of sp³-hybridized carbons (Fsp3) is 0.240. The second kappa shape index (κ2) is 8.22. The molecule has 32 heavy (non-hydrogen) atoms. The van der Waals surface area contributed by atoms with Gasteiger partial charge in [-0.3, -0.25) is 4.79 Å². The molecule has 0 heterocycles. The summed E-state index contributed by atoms with van der Waals surface area (Å²) < 4.78 is 49.9. The zero-order valence-corrected chi connectivity index (χ0v) is 17.6. The Morgan fingerprint density at radius 2 is 1.47 bits per heavy atom. The zero-order valence-electron chi connectivity index (χ0n) is 17.6. The number of hydrogen-bond acceptors (Lipinski definition) is 3. The van der Waals surface area contributed by atoms with E-state index in [0.717, 1.165) is 23.3 Å². The molecule has 1 N–H and O–H groups in total. The van der Waals surface area contributed by atoms with E-state index in [9.17, 15) is 18.0 Å². The van der Waals surface area contributed by atoms with E-state index in [4.69, 9.17) is 9.47 Å². The molecular formula is C25H22F3NO3. The van der Waals surface area contributed by atoms with E-state index in [1.165, 1.54) is 12.1 Å². The molecule has 4 nitrogen and oxygen atoms in total. The van der Waals surface area contributed by atoms with Crippen molar-refractivity contribution >= 4 is 11.6 Å². The van der Waals surface area contributed by atoms with Crippen LogP contribution in [0.15, 0.2) is 72.8 Å². The third kappa shape index (κ3) is 4.02. The van der Waals surface area contributed by atoms with Gasteiger partial charge in [-0.1, -0.05) is 30.3 Å². The predicted molar refractivity (Wildman–Crippen MR) is 115 cm³/mol. The molecule has 0 aliphatic heterocycles. The molecule has 166 valence electrons. The first-order chi connectivity index (χ1) is 15.3. The van der Waals surface area contributed by atoms with Crippen LogP contribution in [0.3, 0.4) is 0 Å². The van der Waals surface area contributed by atoms with Crippen molar-refractivity contribution < 1.29 is 27.4 Å². The molecule has 0 saturated heterocycles. The van der Waals surface area contributed by atoms with Crippen LogP contribution in [0.1, 0.15) is 23.1 Å². The molecule has 0 spiro atoms. The number of alkyl halides is 3. The van der Waals surface area contributed by atoms with Gasteiger partial charge in [-0.15, -0.1) is 0 Å². The van der Waals surface area contributed by atoms with Gasteiger partial charge in [0.05, 0.1) is 25.7 Å². The summed E-state index contributed by atoms with van der Waals surface area (Å²) in [6, 6.07) is 19.6. The summed E-state index contributed by atoms with van der Waals surface area (Å²) in [7, 11) is 3.14. The summed E-state index contributed by atoms with van der Waals surface area (Å²) in [5.74, 6) is 0.522. The number of carbonyl (C=O) groups excluding carboxylic acids is 1. The Kier molecular flexibility index (Phi) is 5.59. The first kappa shape index (κ1) is 21.7. The first-order valence-electron chi connectivity index (χ1n) is 10.0. The Balaban J connectivity index is 1.68. The van der Waals surface area contributed by atoms with Gasteiger partial charge in [0.1, 0.15) is 11.5 Å². The standard InChI is InChI=1S/C25H22F3NO3/c1-31-20-10-4-6-16(13-20)24(17-7-5-11-21(14-17)32-2)15-22(24)23(30)29-19-9-3-8-18(12-19)25(26,27)28/h3-14,22H,15H2,1-2H3,(H,29,30)/t22-/m1/s1. The van der Waals surface area contributed by atoms with Crippen molar-refractivity contribution in [2.24, 2.45) is 5.92 Å². The van der Waals surface area contributed by atoms with Crippen LogP contribution in [-0.4, -0.2) is 20.1 Å². The number of hydrogen-bond donors (Lipinski definition) is 1. The van der Waals surface area contributed by atoms with Crippen LogP contribution in [0.4, 0.5) is 18.9 Å². The highest BCUT2D eigenvalue weighted by Gasteiger charge is 2.60. The molecular weight excluding hydrogens is 419 g/mol. The van der Waals surface area contributed by atoms with E-state index in [1.807, 2.05) is 48.5 Å². The fourth-order valence-electron chi connectivity index (χ4n) is 4.19. The lowest BCUT2D eigenvalue weighted by molar-refractivity contribution is -0.137. The van der Waals surface area contributed by atoms with E-state index in [-0.39, 0.29) is 11.6 Å². The minimum absolute atomic E-state index is 0.113. The SMILES string of the molecule is COc1cccc(C2(c3cccc(OC)c3)C[C@@H]2C(=O)Nc2cccc(C(F)(F)F)c2)c1. The van der Waals surface area contributed by atoms with Crippen molar-refractivity contribution in [1.82, 2.24) is 0 Å². The summed E-state index contributed by atoms with van der Waals surface area (Å²) in [5.41, 5.74) is 0.470. The average Bonchev–Trinajstić information content (AvgIpc) is 3.56. The molecule has 7 heteroatoms. The Morgan fingerprint density at radius 3 is 2.00 bits per heavy atom. The van der Waals surface area contributed by atoms with Gasteiger partial charge in [-0.05, 0) is 60.0 Å². The summed E-state index contributed by atoms with van der Waals surface area (Å²) in [6.45, 7) is 0. The van der Waals surface area contributed by atoms with Crippen molar-refractivity contribution in [3.8, 4) is 11.5 Å². The maximum Gasteiger partial charge on any atom is 0.416 e. The number of ether oxygens (including phenoxy) is 2. The van der Waals surface area contributed by atoms with E-state index in [1.54, 1.807) is 14.2 Å². The summed E-state index contributed by atoms with van der Waals surface area (Å²) in [5, 5.41) is 2.67. The van der Waals surface area contributed by atoms with Crippen LogP contribution >= 0.6 is 0 Å². The number of rotatable bonds is 6. The molecule has 1 aliphatic carbocycles. The average molecular weight is 441 g/mol.